The van der Waals surface area contributed by atoms with Crippen LogP contribution in [0, 0.1) is 11.8 Å². The number of hydrogen-bond acceptors (Lipinski definition) is 13. The minimum atomic E-state index is -1.29. The van der Waals surface area contributed by atoms with Gasteiger partial charge in [0.15, 0.2) is 11.5 Å². The Bertz CT molecular complexity index is 1530. The van der Waals surface area contributed by atoms with Gasteiger partial charge < -0.3 is 52.3 Å². The second-order valence-electron chi connectivity index (χ2n) is 11.5. The fourth-order valence-corrected chi connectivity index (χ4v) is 4.95. The zero-order chi connectivity index (χ0) is 37.7. The van der Waals surface area contributed by atoms with Crippen molar-refractivity contribution in [3.05, 3.63) is 47.8 Å². The molecule has 2 unspecified atom stereocenters. The van der Waals surface area contributed by atoms with Crippen LogP contribution in [0.5, 0.6) is 11.5 Å². The Hall–Kier alpha value is -5.66. The van der Waals surface area contributed by atoms with Crippen molar-refractivity contribution in [2.24, 2.45) is 17.6 Å². The molecule has 2 heterocycles. The molecule has 1 aromatic rings. The molecule has 0 aromatic heterocycles. The molecule has 19 heteroatoms. The molecular weight excluding hydrogens is 670 g/mol. The van der Waals surface area contributed by atoms with Crippen LogP contribution in [0.2, 0.25) is 0 Å². The second kappa shape index (κ2) is 18.9. The minimum Gasteiger partial charge on any atom is -0.504 e. The number of rotatable bonds is 18. The minimum absolute atomic E-state index is 0.00826. The summed E-state index contributed by atoms with van der Waals surface area (Å²) in [4.78, 5) is 103. The van der Waals surface area contributed by atoms with Gasteiger partial charge in [0.2, 0.25) is 23.4 Å². The first-order chi connectivity index (χ1) is 24.3. The predicted octanol–water partition coefficient (Wildman–Crippen LogP) is -4.02. The van der Waals surface area contributed by atoms with Gasteiger partial charge in [0.25, 0.3) is 23.6 Å². The lowest BCUT2D eigenvalue weighted by atomic mass is 9.99. The van der Waals surface area contributed by atoms with Crippen LogP contribution in [0.25, 0.3) is 0 Å². The Morgan fingerprint density at radius 1 is 0.667 bits per heavy atom. The molecule has 2 aliphatic rings. The number of phenols is 2. The molecule has 0 saturated heterocycles. The fraction of sp³-hybridized carbons (Fsp3) is 0.438. The highest BCUT2D eigenvalue weighted by atomic mass is 16.3. The van der Waals surface area contributed by atoms with E-state index < -0.39 is 70.3 Å². The van der Waals surface area contributed by atoms with Gasteiger partial charge in [-0.3, -0.25) is 43.3 Å². The van der Waals surface area contributed by atoms with Gasteiger partial charge in [-0.25, -0.2) is 0 Å². The third kappa shape index (κ3) is 10.7. The van der Waals surface area contributed by atoms with Crippen LogP contribution in [0.3, 0.4) is 0 Å². The molecule has 19 nitrogen and oxygen atoms in total. The average Bonchev–Trinajstić information content (AvgIpc) is 3.10. The number of nitrogens with zero attached hydrogens (tertiary/aromatic N) is 3. The summed E-state index contributed by atoms with van der Waals surface area (Å²) in [6.07, 6.45) is 5.26. The smallest absolute Gasteiger partial charge is 0.294 e. The zero-order valence-electron chi connectivity index (χ0n) is 28.3. The van der Waals surface area contributed by atoms with Crippen LogP contribution < -0.4 is 32.3 Å². The van der Waals surface area contributed by atoms with E-state index in [2.05, 4.69) is 26.6 Å². The maximum absolute atomic E-state index is 12.9. The lowest BCUT2D eigenvalue weighted by Gasteiger charge is -2.25. The molecule has 0 bridgehead atoms. The summed E-state index contributed by atoms with van der Waals surface area (Å²) < 4.78 is 0. The summed E-state index contributed by atoms with van der Waals surface area (Å²) in [5, 5.41) is 34.2. The summed E-state index contributed by atoms with van der Waals surface area (Å²) >= 11 is 0. The number of Topliss-reactive ketones (excluding diaryl/α,β-unsaturated/α-hetero) is 2. The maximum atomic E-state index is 12.9. The van der Waals surface area contributed by atoms with Gasteiger partial charge in [0.05, 0.1) is 11.1 Å². The molecule has 6 amide bonds. The first-order valence-electron chi connectivity index (χ1n) is 16.1. The average molecular weight is 714 g/mol. The normalized spacial score (nSPS) is 17.2. The van der Waals surface area contributed by atoms with Gasteiger partial charge in [0.1, 0.15) is 11.8 Å². The molecule has 2 aliphatic heterocycles. The molecule has 51 heavy (non-hydrogen) atoms. The largest absolute Gasteiger partial charge is 0.504 e. The molecule has 1 aromatic carbocycles. The summed E-state index contributed by atoms with van der Waals surface area (Å²) in [7, 11) is 2.78. The molecule has 0 aliphatic carbocycles. The lowest BCUT2D eigenvalue weighted by molar-refractivity contribution is -0.147. The molecule has 2 atom stereocenters. The van der Waals surface area contributed by atoms with Gasteiger partial charge in [0, 0.05) is 91.9 Å². The van der Waals surface area contributed by atoms with Crippen molar-refractivity contribution >= 4 is 47.0 Å². The van der Waals surface area contributed by atoms with E-state index in [4.69, 9.17) is 5.73 Å². The Morgan fingerprint density at radius 2 is 1.08 bits per heavy atom. The van der Waals surface area contributed by atoms with Crippen LogP contribution in [-0.2, 0) is 28.8 Å². The van der Waals surface area contributed by atoms with Gasteiger partial charge in [-0.2, -0.15) is 0 Å². The van der Waals surface area contributed by atoms with E-state index in [1.54, 1.807) is 4.90 Å². The second-order valence-corrected chi connectivity index (χ2v) is 11.5. The number of benzene rings is 1. The molecular formula is C32H43N9O10. The number of carbonyl (C=O) groups excluding carboxylic acids is 8. The number of hydrogen-bond donors (Lipinski definition) is 8. The molecule has 276 valence electrons. The topological polar surface area (TPSA) is 273 Å². The van der Waals surface area contributed by atoms with E-state index >= 15 is 0 Å². The van der Waals surface area contributed by atoms with Crippen molar-refractivity contribution in [3.8, 4) is 11.5 Å². The standard InChI is InChI=1S/C32H43N9O10/c1-39-14-5-21(25(44)31(39)50)29(48)37-12-17-41(18-13-38-30(49)22-6-15-40(2)32(51)26(22)45)16-11-36-28(47)20-4-3-19(23(42)24(20)43)27(46)35-10-9-34-8-7-33/h3-6,14-15,21-22,34,42-43H,7-13,16-18,33H2,1-2H3,(H,35,46)(H,36,47)(H,37,48)(H,38,49). The third-order valence-corrected chi connectivity index (χ3v) is 7.91. The number of nitrogens with two attached hydrogens (primary N) is 1. The number of likely N-dealkylation sites (N-methyl/N-ethyl adjacent to an activating group) is 2. The van der Waals surface area contributed by atoms with Crippen molar-refractivity contribution in [2.75, 3.05) is 79.5 Å². The highest BCUT2D eigenvalue weighted by Gasteiger charge is 2.35. The van der Waals surface area contributed by atoms with Crippen LogP contribution in [0.4, 0.5) is 0 Å². The fourth-order valence-electron chi connectivity index (χ4n) is 4.95. The Morgan fingerprint density at radius 3 is 1.51 bits per heavy atom. The van der Waals surface area contributed by atoms with E-state index in [-0.39, 0.29) is 56.9 Å². The quantitative estimate of drug-likeness (QED) is 0.0312. The van der Waals surface area contributed by atoms with Gasteiger partial charge in [-0.15, -0.1) is 0 Å². The van der Waals surface area contributed by atoms with Crippen LogP contribution in [0.1, 0.15) is 20.7 Å². The molecule has 9 N–H and O–H groups in total. The van der Waals surface area contributed by atoms with Crippen molar-refractivity contribution in [1.82, 2.24) is 41.3 Å². The van der Waals surface area contributed by atoms with Crippen molar-refractivity contribution < 1.29 is 48.6 Å². The van der Waals surface area contributed by atoms with Crippen molar-refractivity contribution in [3.63, 3.8) is 0 Å². The monoisotopic (exact) mass is 713 g/mol. The van der Waals surface area contributed by atoms with E-state index in [1.807, 2.05) is 0 Å². The zero-order valence-corrected chi connectivity index (χ0v) is 28.3. The highest BCUT2D eigenvalue weighted by Crippen LogP contribution is 2.32. The number of carbonyl (C=O) groups is 8. The van der Waals surface area contributed by atoms with E-state index in [1.165, 1.54) is 50.8 Å². The number of nitrogens with one attached hydrogen (secondary N) is 5. The molecule has 0 fully saturated rings. The molecule has 3 rings (SSSR count). The lowest BCUT2D eigenvalue weighted by Crippen LogP contribution is -2.48. The summed E-state index contributed by atoms with van der Waals surface area (Å²) in [5.41, 5.74) is 4.86. The first kappa shape index (κ1) is 39.8. The van der Waals surface area contributed by atoms with E-state index in [9.17, 15) is 48.6 Å². The van der Waals surface area contributed by atoms with Crippen molar-refractivity contribution in [2.45, 2.75) is 0 Å². The van der Waals surface area contributed by atoms with Gasteiger partial charge in [-0.1, -0.05) is 0 Å². The van der Waals surface area contributed by atoms with Crippen molar-refractivity contribution in [1.29, 1.82) is 0 Å². The number of amides is 6. The van der Waals surface area contributed by atoms with Gasteiger partial charge >= 0.3 is 0 Å². The Balaban J connectivity index is 1.59. The SMILES string of the molecule is CN1C=CC(C(=O)NCCN(CCNC(=O)c2ccc(C(=O)NCCNCCN)c(O)c2O)CCNC(=O)C2C=CN(C)C(=O)C2=O)C(=O)C1=O. The van der Waals surface area contributed by atoms with Gasteiger partial charge in [-0.05, 0) is 24.3 Å². The molecule has 0 spiro atoms. The number of aromatic hydroxyl groups is 2. The number of phenolic OH excluding ortho intramolecular Hbond substituents is 2. The van der Waals surface area contributed by atoms with Crippen LogP contribution in [-0.4, -0.2) is 151 Å². The molecule has 0 radical (unpaired) electrons. The molecule has 0 saturated carbocycles. The van der Waals surface area contributed by atoms with Crippen LogP contribution >= 0.6 is 0 Å². The van der Waals surface area contributed by atoms with E-state index in [0.29, 0.717) is 19.6 Å². The Kier molecular flexibility index (Phi) is 14.8. The van der Waals surface area contributed by atoms with Crippen LogP contribution in [0.15, 0.2) is 36.7 Å². The number of ketones is 2. The summed E-state index contributed by atoms with van der Waals surface area (Å²) in [6.45, 7) is 2.08. The Labute approximate surface area is 293 Å². The third-order valence-electron chi connectivity index (χ3n) is 7.91. The summed E-state index contributed by atoms with van der Waals surface area (Å²) in [6, 6.07) is 2.38. The first-order valence-corrected chi connectivity index (χ1v) is 16.1. The maximum Gasteiger partial charge on any atom is 0.294 e. The predicted molar refractivity (Wildman–Crippen MR) is 180 cm³/mol. The highest BCUT2D eigenvalue weighted by molar-refractivity contribution is 6.42. The van der Waals surface area contributed by atoms with E-state index in [0.717, 1.165) is 9.80 Å². The summed E-state index contributed by atoms with van der Waals surface area (Å²) in [5.74, 6) is -10.4.